The number of rotatable bonds is 2. The van der Waals surface area contributed by atoms with Gasteiger partial charge in [-0.05, 0) is 26.7 Å². The van der Waals surface area contributed by atoms with Gasteiger partial charge in [0.05, 0.1) is 11.6 Å². The molecule has 0 aromatic rings. The van der Waals surface area contributed by atoms with Crippen LogP contribution in [0.15, 0.2) is 0 Å². The Labute approximate surface area is 68.5 Å². The lowest BCUT2D eigenvalue weighted by Crippen LogP contribution is -2.49. The summed E-state index contributed by atoms with van der Waals surface area (Å²) >= 11 is 0. The van der Waals surface area contributed by atoms with Gasteiger partial charge in [0.2, 0.25) is 0 Å². The predicted octanol–water partition coefficient (Wildman–Crippen LogP) is 0.750. The average molecular weight is 158 g/mol. The summed E-state index contributed by atoms with van der Waals surface area (Å²) in [6, 6.07) is 0.382. The van der Waals surface area contributed by atoms with Crippen molar-refractivity contribution in [3.8, 4) is 0 Å². The second-order valence-electron chi connectivity index (χ2n) is 3.70. The van der Waals surface area contributed by atoms with Crippen LogP contribution in [0.2, 0.25) is 0 Å². The van der Waals surface area contributed by atoms with Gasteiger partial charge in [0, 0.05) is 13.7 Å². The molecule has 1 aliphatic rings. The molecule has 0 bridgehead atoms. The van der Waals surface area contributed by atoms with Crippen LogP contribution in [0.3, 0.4) is 0 Å². The number of hydrazine groups is 1. The Hall–Kier alpha value is -0.120. The summed E-state index contributed by atoms with van der Waals surface area (Å²) in [6.45, 7) is 5.17. The Bertz CT molecular complexity index is 136. The van der Waals surface area contributed by atoms with E-state index in [0.29, 0.717) is 6.04 Å². The lowest BCUT2D eigenvalue weighted by atomic mass is 9.97. The fraction of sp³-hybridized carbons (Fsp3) is 1.00. The Morgan fingerprint density at radius 3 is 2.55 bits per heavy atom. The molecule has 3 heteroatoms. The van der Waals surface area contributed by atoms with Gasteiger partial charge >= 0.3 is 0 Å². The van der Waals surface area contributed by atoms with E-state index in [-0.39, 0.29) is 5.60 Å². The molecule has 0 saturated carbocycles. The van der Waals surface area contributed by atoms with Crippen molar-refractivity contribution in [2.75, 3.05) is 13.7 Å². The minimum Gasteiger partial charge on any atom is -0.377 e. The van der Waals surface area contributed by atoms with Crippen LogP contribution in [0.25, 0.3) is 0 Å². The van der Waals surface area contributed by atoms with E-state index in [2.05, 4.69) is 13.8 Å². The molecule has 0 radical (unpaired) electrons. The van der Waals surface area contributed by atoms with Gasteiger partial charge in [-0.25, -0.2) is 5.01 Å². The Kier molecular flexibility index (Phi) is 2.52. The van der Waals surface area contributed by atoms with Crippen molar-refractivity contribution in [1.82, 2.24) is 5.01 Å². The largest absolute Gasteiger partial charge is 0.377 e. The molecule has 1 saturated heterocycles. The first-order valence-electron chi connectivity index (χ1n) is 4.14. The molecular formula is C8H18N2O. The molecule has 1 fully saturated rings. The van der Waals surface area contributed by atoms with Crippen molar-refractivity contribution in [2.24, 2.45) is 5.84 Å². The van der Waals surface area contributed by atoms with Gasteiger partial charge in [-0.1, -0.05) is 0 Å². The molecule has 0 spiro atoms. The average Bonchev–Trinajstić information content (AvgIpc) is 2.36. The molecule has 2 N–H and O–H groups in total. The van der Waals surface area contributed by atoms with Crippen LogP contribution >= 0.6 is 0 Å². The van der Waals surface area contributed by atoms with E-state index in [0.717, 1.165) is 13.0 Å². The van der Waals surface area contributed by atoms with Crippen molar-refractivity contribution >= 4 is 0 Å². The molecule has 0 unspecified atom stereocenters. The molecule has 0 aliphatic carbocycles. The highest BCUT2D eigenvalue weighted by Crippen LogP contribution is 2.26. The summed E-state index contributed by atoms with van der Waals surface area (Å²) in [7, 11) is 1.74. The van der Waals surface area contributed by atoms with Crippen LogP contribution < -0.4 is 5.84 Å². The second kappa shape index (κ2) is 3.09. The van der Waals surface area contributed by atoms with Crippen LogP contribution in [0.4, 0.5) is 0 Å². The topological polar surface area (TPSA) is 38.5 Å². The third-order valence-corrected chi connectivity index (χ3v) is 2.62. The first kappa shape index (κ1) is 8.97. The first-order valence-corrected chi connectivity index (χ1v) is 4.14. The SMILES string of the molecule is COC(C)(C)[C@@H]1CCCN1N. The Morgan fingerprint density at radius 1 is 1.55 bits per heavy atom. The number of methoxy groups -OCH3 is 1. The summed E-state index contributed by atoms with van der Waals surface area (Å²) < 4.78 is 5.37. The van der Waals surface area contributed by atoms with Crippen LogP contribution in [-0.4, -0.2) is 30.3 Å². The molecular weight excluding hydrogens is 140 g/mol. The van der Waals surface area contributed by atoms with E-state index in [1.54, 1.807) is 7.11 Å². The Morgan fingerprint density at radius 2 is 2.18 bits per heavy atom. The molecule has 0 aromatic heterocycles. The monoisotopic (exact) mass is 158 g/mol. The van der Waals surface area contributed by atoms with Gasteiger partial charge in [-0.2, -0.15) is 0 Å². The van der Waals surface area contributed by atoms with Gasteiger partial charge < -0.3 is 4.74 Å². The highest BCUT2D eigenvalue weighted by Gasteiger charge is 2.35. The fourth-order valence-electron chi connectivity index (χ4n) is 1.67. The maximum atomic E-state index is 5.79. The summed E-state index contributed by atoms with van der Waals surface area (Å²) in [5, 5.41) is 1.89. The normalized spacial score (nSPS) is 27.8. The highest BCUT2D eigenvalue weighted by molar-refractivity contribution is 4.89. The summed E-state index contributed by atoms with van der Waals surface area (Å²) in [5.74, 6) is 5.79. The van der Waals surface area contributed by atoms with E-state index in [9.17, 15) is 0 Å². The van der Waals surface area contributed by atoms with Crippen molar-refractivity contribution < 1.29 is 4.74 Å². The van der Waals surface area contributed by atoms with E-state index in [1.165, 1.54) is 6.42 Å². The van der Waals surface area contributed by atoms with Crippen molar-refractivity contribution in [3.05, 3.63) is 0 Å². The number of ether oxygens (including phenoxy) is 1. The van der Waals surface area contributed by atoms with Gasteiger partial charge in [0.25, 0.3) is 0 Å². The molecule has 1 heterocycles. The van der Waals surface area contributed by atoms with Gasteiger partial charge in [-0.15, -0.1) is 0 Å². The van der Waals surface area contributed by atoms with Crippen LogP contribution in [0.1, 0.15) is 26.7 Å². The van der Waals surface area contributed by atoms with E-state index in [1.807, 2.05) is 5.01 Å². The standard InChI is InChI=1S/C8H18N2O/c1-8(2,11-3)7-5-4-6-10(7)9/h7H,4-6,9H2,1-3H3/t7-/m0/s1. The Balaban J connectivity index is 2.58. The predicted molar refractivity (Wildman–Crippen MR) is 45.0 cm³/mol. The van der Waals surface area contributed by atoms with Crippen molar-refractivity contribution in [2.45, 2.75) is 38.3 Å². The number of nitrogens with zero attached hydrogens (tertiary/aromatic N) is 1. The number of hydrogen-bond donors (Lipinski definition) is 1. The summed E-state index contributed by atoms with van der Waals surface area (Å²) in [4.78, 5) is 0. The zero-order chi connectivity index (χ0) is 8.48. The smallest absolute Gasteiger partial charge is 0.0791 e. The number of nitrogens with two attached hydrogens (primary N) is 1. The van der Waals surface area contributed by atoms with Crippen LogP contribution in [-0.2, 0) is 4.74 Å². The lowest BCUT2D eigenvalue weighted by molar-refractivity contribution is -0.0403. The quantitative estimate of drug-likeness (QED) is 0.603. The molecule has 11 heavy (non-hydrogen) atoms. The third kappa shape index (κ3) is 1.72. The maximum absolute atomic E-state index is 5.79. The van der Waals surface area contributed by atoms with Gasteiger partial charge in [0.15, 0.2) is 0 Å². The zero-order valence-corrected chi connectivity index (χ0v) is 7.63. The highest BCUT2D eigenvalue weighted by atomic mass is 16.5. The summed E-state index contributed by atoms with van der Waals surface area (Å²) in [5.41, 5.74) is -0.106. The number of hydrogen-bond acceptors (Lipinski definition) is 3. The minimum atomic E-state index is -0.106. The molecule has 1 aliphatic heterocycles. The second-order valence-corrected chi connectivity index (χ2v) is 3.70. The molecule has 0 aromatic carbocycles. The lowest BCUT2D eigenvalue weighted by Gasteiger charge is -2.34. The molecule has 1 atom stereocenters. The van der Waals surface area contributed by atoms with E-state index >= 15 is 0 Å². The first-order chi connectivity index (χ1) is 5.08. The fourth-order valence-corrected chi connectivity index (χ4v) is 1.67. The van der Waals surface area contributed by atoms with E-state index in [4.69, 9.17) is 10.6 Å². The third-order valence-electron chi connectivity index (χ3n) is 2.62. The molecule has 0 amide bonds. The molecule has 3 nitrogen and oxygen atoms in total. The van der Waals surface area contributed by atoms with Gasteiger partial charge in [-0.3, -0.25) is 5.84 Å². The molecule has 1 rings (SSSR count). The molecule has 66 valence electrons. The maximum Gasteiger partial charge on any atom is 0.0791 e. The van der Waals surface area contributed by atoms with Gasteiger partial charge in [0.1, 0.15) is 0 Å². The summed E-state index contributed by atoms with van der Waals surface area (Å²) in [6.07, 6.45) is 2.34. The van der Waals surface area contributed by atoms with E-state index < -0.39 is 0 Å². The van der Waals surface area contributed by atoms with Crippen LogP contribution in [0, 0.1) is 0 Å². The van der Waals surface area contributed by atoms with Crippen molar-refractivity contribution in [1.29, 1.82) is 0 Å². The minimum absolute atomic E-state index is 0.106. The zero-order valence-electron chi connectivity index (χ0n) is 7.63. The van der Waals surface area contributed by atoms with Crippen molar-refractivity contribution in [3.63, 3.8) is 0 Å². The van der Waals surface area contributed by atoms with Crippen LogP contribution in [0.5, 0.6) is 0 Å².